The zero-order valence-electron chi connectivity index (χ0n) is 22.4. The van der Waals surface area contributed by atoms with Gasteiger partial charge in [0, 0.05) is 41.4 Å². The van der Waals surface area contributed by atoms with Crippen LogP contribution in [0.5, 0.6) is 0 Å². The summed E-state index contributed by atoms with van der Waals surface area (Å²) in [4.78, 5) is 15.4. The van der Waals surface area contributed by atoms with E-state index in [4.69, 9.17) is 10.2 Å². The number of carboxylic acid groups (broad SMARTS) is 1. The summed E-state index contributed by atoms with van der Waals surface area (Å²) >= 11 is 0. The summed E-state index contributed by atoms with van der Waals surface area (Å²) in [5, 5.41) is 37.7. The van der Waals surface area contributed by atoms with Crippen LogP contribution in [0.4, 0.5) is 15.9 Å². The molecular formula is C31H33FN4O4. The number of aliphatic carboxylic acids is 1. The van der Waals surface area contributed by atoms with Crippen molar-refractivity contribution in [3.63, 3.8) is 0 Å². The maximum atomic E-state index is 13.9. The van der Waals surface area contributed by atoms with Crippen molar-refractivity contribution in [1.29, 1.82) is 0 Å². The van der Waals surface area contributed by atoms with Crippen LogP contribution < -0.4 is 5.32 Å². The maximum Gasteiger partial charge on any atom is 0.305 e. The largest absolute Gasteiger partial charge is 0.481 e. The van der Waals surface area contributed by atoms with E-state index in [0.29, 0.717) is 11.5 Å². The van der Waals surface area contributed by atoms with E-state index in [2.05, 4.69) is 24.1 Å². The van der Waals surface area contributed by atoms with E-state index < -0.39 is 24.6 Å². The van der Waals surface area contributed by atoms with Gasteiger partial charge in [0.2, 0.25) is 0 Å². The van der Waals surface area contributed by atoms with Gasteiger partial charge in [0.1, 0.15) is 11.6 Å². The van der Waals surface area contributed by atoms with Crippen LogP contribution in [-0.2, 0) is 4.79 Å². The minimum atomic E-state index is -1.18. The fourth-order valence-corrected chi connectivity index (χ4v) is 4.38. The third-order valence-corrected chi connectivity index (χ3v) is 6.59. The average Bonchev–Trinajstić information content (AvgIpc) is 3.31. The minimum absolute atomic E-state index is 0.0543. The molecule has 4 aromatic rings. The lowest BCUT2D eigenvalue weighted by molar-refractivity contribution is -0.139. The molecule has 2 aromatic carbocycles. The molecular weight excluding hydrogens is 511 g/mol. The van der Waals surface area contributed by atoms with Gasteiger partial charge in [-0.2, -0.15) is 5.10 Å². The van der Waals surface area contributed by atoms with Crippen molar-refractivity contribution in [3.8, 4) is 16.9 Å². The molecule has 4 rings (SSSR count). The van der Waals surface area contributed by atoms with E-state index in [1.807, 2.05) is 42.5 Å². The van der Waals surface area contributed by atoms with Crippen molar-refractivity contribution in [2.24, 2.45) is 0 Å². The number of hydrogen-bond donors (Lipinski definition) is 4. The number of halogens is 1. The highest BCUT2D eigenvalue weighted by molar-refractivity contribution is 5.76. The number of para-hydroxylation sites is 1. The molecule has 0 radical (unpaired) electrons. The van der Waals surface area contributed by atoms with Crippen LogP contribution in [0.15, 0.2) is 79.0 Å². The second-order valence-corrected chi connectivity index (χ2v) is 9.68. The quantitative estimate of drug-likeness (QED) is 0.174. The lowest BCUT2D eigenvalue weighted by atomic mass is 9.96. The molecule has 3 atom stereocenters. The maximum absolute atomic E-state index is 13.9. The van der Waals surface area contributed by atoms with Gasteiger partial charge >= 0.3 is 5.97 Å². The van der Waals surface area contributed by atoms with E-state index in [1.165, 1.54) is 18.2 Å². The Kier molecular flexibility index (Phi) is 9.42. The summed E-state index contributed by atoms with van der Waals surface area (Å²) < 4.78 is 15.7. The Balaban J connectivity index is 1.81. The number of hydrogen-bond acceptors (Lipinski definition) is 6. The molecule has 2 aromatic heterocycles. The monoisotopic (exact) mass is 544 g/mol. The van der Waals surface area contributed by atoms with Crippen molar-refractivity contribution in [2.75, 3.05) is 5.32 Å². The number of carboxylic acids is 1. The van der Waals surface area contributed by atoms with Gasteiger partial charge in [-0.25, -0.2) is 14.1 Å². The summed E-state index contributed by atoms with van der Waals surface area (Å²) in [6.45, 7) is 4.11. The lowest BCUT2D eigenvalue weighted by Crippen LogP contribution is -2.19. The Morgan fingerprint density at radius 2 is 1.82 bits per heavy atom. The van der Waals surface area contributed by atoms with E-state index in [9.17, 15) is 19.4 Å². The van der Waals surface area contributed by atoms with Crippen molar-refractivity contribution < 1.29 is 24.5 Å². The molecule has 4 N–H and O–H groups in total. The van der Waals surface area contributed by atoms with Crippen LogP contribution in [0, 0.1) is 5.82 Å². The minimum Gasteiger partial charge on any atom is -0.481 e. The third kappa shape index (κ3) is 7.19. The van der Waals surface area contributed by atoms with Gasteiger partial charge in [-0.3, -0.25) is 4.79 Å². The first kappa shape index (κ1) is 28.7. The Bertz CT molecular complexity index is 1450. The first-order valence-corrected chi connectivity index (χ1v) is 13.2. The molecule has 0 bridgehead atoms. The second-order valence-electron chi connectivity index (χ2n) is 9.68. The molecule has 0 amide bonds. The van der Waals surface area contributed by atoms with Gasteiger partial charge in [0.05, 0.1) is 35.7 Å². The highest BCUT2D eigenvalue weighted by Crippen LogP contribution is 2.35. The summed E-state index contributed by atoms with van der Waals surface area (Å²) in [7, 11) is 0. The van der Waals surface area contributed by atoms with Crippen molar-refractivity contribution in [1.82, 2.24) is 14.8 Å². The Hall–Kier alpha value is -4.34. The standard InChI is InChI=1S/C31H33FN4O4/c1-3-20(2)30-27(14-13-25(37)18-26(38)19-29(39)40)31(21-9-11-22(32)12-10-21)36(35-30)24-15-16-33-28(17-24)34-23-7-5-4-6-8-23/h4-17,20,25-26,37-38H,3,18-19H2,1-2H3,(H,33,34)(H,39,40)/t20?,25-,26-/m1/s1. The van der Waals surface area contributed by atoms with Gasteiger partial charge in [0.25, 0.3) is 0 Å². The summed E-state index contributed by atoms with van der Waals surface area (Å²) in [6.07, 6.45) is 2.92. The van der Waals surface area contributed by atoms with E-state index in [0.717, 1.165) is 34.6 Å². The van der Waals surface area contributed by atoms with Crippen LogP contribution in [0.2, 0.25) is 0 Å². The van der Waals surface area contributed by atoms with Gasteiger partial charge in [0.15, 0.2) is 0 Å². The first-order valence-electron chi connectivity index (χ1n) is 13.2. The number of nitrogens with zero attached hydrogens (tertiary/aromatic N) is 3. The summed E-state index contributed by atoms with van der Waals surface area (Å²) in [6, 6.07) is 19.5. The zero-order valence-corrected chi connectivity index (χ0v) is 22.4. The lowest BCUT2D eigenvalue weighted by Gasteiger charge is -2.12. The molecule has 0 aliphatic carbocycles. The third-order valence-electron chi connectivity index (χ3n) is 6.59. The predicted octanol–water partition coefficient (Wildman–Crippen LogP) is 5.93. The average molecular weight is 545 g/mol. The summed E-state index contributed by atoms with van der Waals surface area (Å²) in [5.74, 6) is -0.830. The smallest absolute Gasteiger partial charge is 0.305 e. The fraction of sp³-hybridized carbons (Fsp3) is 0.258. The number of pyridine rings is 1. The van der Waals surface area contributed by atoms with Gasteiger partial charge in [-0.05, 0) is 48.9 Å². The van der Waals surface area contributed by atoms with Crippen LogP contribution in [-0.4, -0.2) is 48.3 Å². The van der Waals surface area contributed by atoms with Crippen LogP contribution in [0.1, 0.15) is 50.3 Å². The topological polar surface area (TPSA) is 121 Å². The first-order chi connectivity index (χ1) is 19.2. The number of aliphatic hydroxyl groups excluding tert-OH is 2. The Morgan fingerprint density at radius 3 is 2.50 bits per heavy atom. The van der Waals surface area contributed by atoms with Crippen LogP contribution in [0.3, 0.4) is 0 Å². The van der Waals surface area contributed by atoms with Gasteiger partial charge in [-0.15, -0.1) is 0 Å². The SMILES string of the molecule is CCC(C)c1nn(-c2ccnc(Nc3ccccc3)c2)c(-c2ccc(F)cc2)c1C=C[C@@H](O)C[C@@H](O)CC(=O)O. The normalized spacial score (nSPS) is 13.7. The molecule has 9 heteroatoms. The van der Waals surface area contributed by atoms with E-state index in [1.54, 1.807) is 29.1 Å². The van der Waals surface area contributed by atoms with Crippen molar-refractivity contribution >= 4 is 23.6 Å². The van der Waals surface area contributed by atoms with Crippen molar-refractivity contribution in [3.05, 3.63) is 96.1 Å². The number of aromatic nitrogens is 3. The van der Waals surface area contributed by atoms with Gasteiger partial charge < -0.3 is 20.6 Å². The fourth-order valence-electron chi connectivity index (χ4n) is 4.38. The number of rotatable bonds is 12. The van der Waals surface area contributed by atoms with E-state index >= 15 is 0 Å². The molecule has 40 heavy (non-hydrogen) atoms. The molecule has 208 valence electrons. The number of benzene rings is 2. The highest BCUT2D eigenvalue weighted by Gasteiger charge is 2.23. The number of anilines is 2. The molecule has 2 heterocycles. The molecule has 0 saturated heterocycles. The number of nitrogens with one attached hydrogen (secondary N) is 1. The van der Waals surface area contributed by atoms with Crippen LogP contribution in [0.25, 0.3) is 23.0 Å². The highest BCUT2D eigenvalue weighted by atomic mass is 19.1. The Morgan fingerprint density at radius 1 is 1.10 bits per heavy atom. The van der Waals surface area contributed by atoms with Gasteiger partial charge in [-0.1, -0.05) is 44.2 Å². The van der Waals surface area contributed by atoms with Crippen LogP contribution >= 0.6 is 0 Å². The molecule has 0 aliphatic rings. The zero-order chi connectivity index (χ0) is 28.6. The second kappa shape index (κ2) is 13.1. The number of aliphatic hydroxyl groups is 2. The predicted molar refractivity (Wildman–Crippen MR) is 153 cm³/mol. The summed E-state index contributed by atoms with van der Waals surface area (Å²) in [5.41, 5.74) is 4.55. The molecule has 0 spiro atoms. The molecule has 0 saturated carbocycles. The Labute approximate surface area is 232 Å². The molecule has 8 nitrogen and oxygen atoms in total. The van der Waals surface area contributed by atoms with Crippen molar-refractivity contribution in [2.45, 2.75) is 51.2 Å². The number of carbonyl (C=O) groups is 1. The molecule has 0 aliphatic heterocycles. The molecule has 0 fully saturated rings. The van der Waals surface area contributed by atoms with E-state index in [-0.39, 0.29) is 18.2 Å². The molecule has 1 unspecified atom stereocenters.